The highest BCUT2D eigenvalue weighted by atomic mass is 19.1. The molecule has 0 radical (unpaired) electrons. The number of nitrogens with zero attached hydrogens (tertiary/aromatic N) is 2. The number of amides is 1. The molecule has 1 amide bonds. The highest BCUT2D eigenvalue weighted by Crippen LogP contribution is 2.29. The second-order valence-corrected chi connectivity index (χ2v) is 7.92. The van der Waals surface area contributed by atoms with E-state index in [1.165, 1.54) is 6.07 Å². The van der Waals surface area contributed by atoms with E-state index in [0.717, 1.165) is 50.0 Å². The smallest absolute Gasteiger partial charge is 0.276 e. The standard InChI is InChI=1S/C24H24FN3O3/c25-20-10-1-2-11-22(20)28-21-12-4-9-19(21)23(27-28)24(29)26-16-6-3-7-17(14-16)31-15-18-8-5-13-30-18/h1-3,6-7,10-11,14,18H,4-5,8-9,12-13,15H2,(H,26,29). The molecule has 1 atom stereocenters. The van der Waals surface area contributed by atoms with Crippen LogP contribution in [0.5, 0.6) is 5.75 Å². The van der Waals surface area contributed by atoms with Crippen molar-refractivity contribution in [1.82, 2.24) is 9.78 Å². The maximum atomic E-state index is 14.3. The maximum absolute atomic E-state index is 14.3. The summed E-state index contributed by atoms with van der Waals surface area (Å²) in [7, 11) is 0. The molecule has 1 aliphatic carbocycles. The lowest BCUT2D eigenvalue weighted by Crippen LogP contribution is -2.17. The van der Waals surface area contributed by atoms with Gasteiger partial charge in [0.25, 0.3) is 5.91 Å². The number of benzene rings is 2. The van der Waals surface area contributed by atoms with Crippen molar-refractivity contribution < 1.29 is 18.7 Å². The Labute approximate surface area is 180 Å². The summed E-state index contributed by atoms with van der Waals surface area (Å²) in [6.45, 7) is 1.28. The van der Waals surface area contributed by atoms with Gasteiger partial charge < -0.3 is 14.8 Å². The largest absolute Gasteiger partial charge is 0.491 e. The molecule has 7 heteroatoms. The van der Waals surface area contributed by atoms with Crippen molar-refractivity contribution in [1.29, 1.82) is 0 Å². The van der Waals surface area contributed by atoms with E-state index < -0.39 is 0 Å². The van der Waals surface area contributed by atoms with Crippen LogP contribution in [0.2, 0.25) is 0 Å². The fourth-order valence-corrected chi connectivity index (χ4v) is 4.26. The van der Waals surface area contributed by atoms with Gasteiger partial charge in [0.1, 0.15) is 23.9 Å². The molecule has 3 aromatic rings. The van der Waals surface area contributed by atoms with Crippen molar-refractivity contribution in [2.75, 3.05) is 18.5 Å². The summed E-state index contributed by atoms with van der Waals surface area (Å²) in [4.78, 5) is 13.0. The van der Waals surface area contributed by atoms with Gasteiger partial charge in [0.05, 0.1) is 6.10 Å². The first-order chi connectivity index (χ1) is 15.2. The van der Waals surface area contributed by atoms with Crippen molar-refractivity contribution in [3.8, 4) is 11.4 Å². The molecule has 1 aromatic heterocycles. The number of aromatic nitrogens is 2. The minimum atomic E-state index is -0.359. The van der Waals surface area contributed by atoms with Crippen molar-refractivity contribution in [3.05, 3.63) is 71.3 Å². The fourth-order valence-electron chi connectivity index (χ4n) is 4.26. The van der Waals surface area contributed by atoms with E-state index in [9.17, 15) is 9.18 Å². The summed E-state index contributed by atoms with van der Waals surface area (Å²) < 4.78 is 27.3. The second-order valence-electron chi connectivity index (χ2n) is 7.92. The van der Waals surface area contributed by atoms with E-state index in [2.05, 4.69) is 10.4 Å². The number of anilines is 1. The highest BCUT2D eigenvalue weighted by molar-refractivity contribution is 6.04. The lowest BCUT2D eigenvalue weighted by Gasteiger charge is -2.12. The molecule has 1 unspecified atom stereocenters. The van der Waals surface area contributed by atoms with Crippen LogP contribution in [0.15, 0.2) is 48.5 Å². The number of halogens is 1. The van der Waals surface area contributed by atoms with Crippen LogP contribution in [0.3, 0.4) is 0 Å². The van der Waals surface area contributed by atoms with E-state index in [0.29, 0.717) is 29.4 Å². The molecule has 2 heterocycles. The van der Waals surface area contributed by atoms with E-state index in [4.69, 9.17) is 9.47 Å². The second kappa shape index (κ2) is 8.51. The predicted molar refractivity (Wildman–Crippen MR) is 114 cm³/mol. The number of rotatable bonds is 6. The van der Waals surface area contributed by atoms with Crippen LogP contribution >= 0.6 is 0 Å². The molecule has 1 fully saturated rings. The molecule has 1 saturated heterocycles. The minimum Gasteiger partial charge on any atom is -0.491 e. The first kappa shape index (κ1) is 19.8. The van der Waals surface area contributed by atoms with Crippen LogP contribution in [-0.4, -0.2) is 35.0 Å². The van der Waals surface area contributed by atoms with Crippen LogP contribution in [-0.2, 0) is 17.6 Å². The zero-order chi connectivity index (χ0) is 21.2. The molecule has 1 N–H and O–H groups in total. The Morgan fingerprint density at radius 2 is 2.10 bits per heavy atom. The van der Waals surface area contributed by atoms with Gasteiger partial charge in [-0.15, -0.1) is 0 Å². The Morgan fingerprint density at radius 1 is 1.19 bits per heavy atom. The number of hydrogen-bond donors (Lipinski definition) is 1. The van der Waals surface area contributed by atoms with Crippen molar-refractivity contribution >= 4 is 11.6 Å². The number of carbonyl (C=O) groups is 1. The summed E-state index contributed by atoms with van der Waals surface area (Å²) in [5.41, 5.74) is 3.14. The summed E-state index contributed by atoms with van der Waals surface area (Å²) >= 11 is 0. The van der Waals surface area contributed by atoms with Crippen LogP contribution in [0, 0.1) is 5.82 Å². The molecule has 0 bridgehead atoms. The zero-order valence-corrected chi connectivity index (χ0v) is 17.1. The summed E-state index contributed by atoms with van der Waals surface area (Å²) in [6.07, 6.45) is 4.66. The van der Waals surface area contributed by atoms with Crippen molar-refractivity contribution in [3.63, 3.8) is 0 Å². The lowest BCUT2D eigenvalue weighted by atomic mass is 10.2. The van der Waals surface area contributed by atoms with E-state index in [-0.39, 0.29) is 17.8 Å². The Kier molecular flexibility index (Phi) is 5.42. The van der Waals surface area contributed by atoms with Gasteiger partial charge in [0.2, 0.25) is 0 Å². The van der Waals surface area contributed by atoms with Gasteiger partial charge in [0, 0.05) is 29.6 Å². The average Bonchev–Trinajstić information content (AvgIpc) is 3.51. The Balaban J connectivity index is 1.35. The lowest BCUT2D eigenvalue weighted by molar-refractivity contribution is 0.0680. The molecule has 0 spiro atoms. The Bertz CT molecular complexity index is 1110. The van der Waals surface area contributed by atoms with Gasteiger partial charge >= 0.3 is 0 Å². The van der Waals surface area contributed by atoms with E-state index >= 15 is 0 Å². The first-order valence-corrected chi connectivity index (χ1v) is 10.7. The van der Waals surface area contributed by atoms with Crippen molar-refractivity contribution in [2.24, 2.45) is 0 Å². The van der Waals surface area contributed by atoms with Gasteiger partial charge in [-0.2, -0.15) is 5.10 Å². The predicted octanol–water partition coefficient (Wildman–Crippen LogP) is 4.31. The minimum absolute atomic E-state index is 0.128. The first-order valence-electron chi connectivity index (χ1n) is 10.7. The van der Waals surface area contributed by atoms with Gasteiger partial charge in [0.15, 0.2) is 5.69 Å². The molecule has 1 aliphatic heterocycles. The van der Waals surface area contributed by atoms with Gasteiger partial charge in [-0.1, -0.05) is 18.2 Å². The number of carbonyl (C=O) groups excluding carboxylic acids is 1. The monoisotopic (exact) mass is 421 g/mol. The summed E-state index contributed by atoms with van der Waals surface area (Å²) in [5.74, 6) is 0.0164. The number of hydrogen-bond acceptors (Lipinski definition) is 4. The van der Waals surface area contributed by atoms with Crippen LogP contribution in [0.4, 0.5) is 10.1 Å². The molecule has 0 saturated carbocycles. The maximum Gasteiger partial charge on any atom is 0.276 e. The van der Waals surface area contributed by atoms with Gasteiger partial charge in [-0.25, -0.2) is 9.07 Å². The molecule has 160 valence electrons. The third-order valence-electron chi connectivity index (χ3n) is 5.78. The van der Waals surface area contributed by atoms with Gasteiger partial charge in [-0.3, -0.25) is 4.79 Å². The molecule has 2 aliphatic rings. The topological polar surface area (TPSA) is 65.4 Å². The van der Waals surface area contributed by atoms with Crippen molar-refractivity contribution in [2.45, 2.75) is 38.2 Å². The molecule has 31 heavy (non-hydrogen) atoms. The van der Waals surface area contributed by atoms with E-state index in [1.54, 1.807) is 28.9 Å². The third-order valence-corrected chi connectivity index (χ3v) is 5.78. The zero-order valence-electron chi connectivity index (χ0n) is 17.1. The number of ether oxygens (including phenoxy) is 2. The summed E-state index contributed by atoms with van der Waals surface area (Å²) in [6, 6.07) is 13.8. The van der Waals surface area contributed by atoms with E-state index in [1.807, 2.05) is 18.2 Å². The highest BCUT2D eigenvalue weighted by Gasteiger charge is 2.28. The van der Waals surface area contributed by atoms with Gasteiger partial charge in [-0.05, 0) is 56.4 Å². The van der Waals surface area contributed by atoms with Crippen LogP contribution < -0.4 is 10.1 Å². The van der Waals surface area contributed by atoms with Crippen LogP contribution in [0.25, 0.3) is 5.69 Å². The Morgan fingerprint density at radius 3 is 2.94 bits per heavy atom. The molecular formula is C24H24FN3O3. The average molecular weight is 421 g/mol. The SMILES string of the molecule is O=C(Nc1cccc(OCC2CCCO2)c1)c1nn(-c2ccccc2F)c2c1CCC2. The number of para-hydroxylation sites is 1. The number of fused-ring (bicyclic) bond motifs is 1. The normalized spacial score (nSPS) is 17.5. The molecule has 2 aromatic carbocycles. The molecular weight excluding hydrogens is 397 g/mol. The molecule has 5 rings (SSSR count). The number of nitrogens with one attached hydrogen (secondary N) is 1. The third kappa shape index (κ3) is 4.05. The quantitative estimate of drug-likeness (QED) is 0.644. The fraction of sp³-hybridized carbons (Fsp3) is 0.333. The van der Waals surface area contributed by atoms with Crippen LogP contribution in [0.1, 0.15) is 41.0 Å². The Hall–Kier alpha value is -3.19. The molecule has 6 nitrogen and oxygen atoms in total. The summed E-state index contributed by atoms with van der Waals surface area (Å²) in [5, 5.41) is 7.40.